The molecule has 1 aromatic heterocycles. The van der Waals surface area contributed by atoms with Crippen molar-refractivity contribution in [3.8, 4) is 0 Å². The molecule has 7 heteroatoms. The van der Waals surface area contributed by atoms with E-state index in [-0.39, 0.29) is 12.3 Å². The van der Waals surface area contributed by atoms with Crippen molar-refractivity contribution in [2.45, 2.75) is 31.7 Å². The molecule has 2 fully saturated rings. The molecule has 3 rings (SSSR count). The third-order valence-corrected chi connectivity index (χ3v) is 4.09. The second kappa shape index (κ2) is 4.75. The number of aromatic nitrogens is 1. The van der Waals surface area contributed by atoms with Crippen molar-refractivity contribution in [2.24, 2.45) is 11.7 Å². The van der Waals surface area contributed by atoms with Gasteiger partial charge in [-0.25, -0.2) is 21.3 Å². The molecule has 4 unspecified atom stereocenters. The number of pyridine rings is 1. The Morgan fingerprint density at radius 2 is 2.28 bits per heavy atom. The van der Waals surface area contributed by atoms with E-state index >= 15 is 0 Å². The number of rotatable bonds is 2. The Labute approximate surface area is 114 Å². The number of nitrogens with one attached hydrogen (secondary N) is 3. The summed E-state index contributed by atoms with van der Waals surface area (Å²) in [6.07, 6.45) is 2.94. The highest BCUT2D eigenvalue weighted by Crippen LogP contribution is 2.30. The molecule has 0 saturated carbocycles. The van der Waals surface area contributed by atoms with Crippen LogP contribution in [-0.2, 0) is 0 Å². The van der Waals surface area contributed by atoms with Crippen molar-refractivity contribution in [1.82, 2.24) is 21.3 Å². The van der Waals surface area contributed by atoms with Crippen LogP contribution in [0.3, 0.4) is 0 Å². The molecular formula is C11H17BrN6. The molecule has 0 aromatic carbocycles. The molecule has 0 amide bonds. The van der Waals surface area contributed by atoms with Crippen LogP contribution in [0.15, 0.2) is 22.8 Å². The topological polar surface area (TPSA) is 78.2 Å². The van der Waals surface area contributed by atoms with Gasteiger partial charge in [0.25, 0.3) is 0 Å². The smallest absolute Gasteiger partial charge is 0.144 e. The van der Waals surface area contributed by atoms with Crippen molar-refractivity contribution in [2.75, 3.05) is 5.01 Å². The van der Waals surface area contributed by atoms with E-state index < -0.39 is 0 Å². The maximum absolute atomic E-state index is 6.08. The normalized spacial score (nSPS) is 34.9. The number of anilines is 1. The molecule has 5 N–H and O–H groups in total. The highest BCUT2D eigenvalue weighted by Gasteiger charge is 2.48. The van der Waals surface area contributed by atoms with Gasteiger partial charge in [-0.1, -0.05) is 6.92 Å². The molecule has 0 spiro atoms. The van der Waals surface area contributed by atoms with Crippen molar-refractivity contribution in [1.29, 1.82) is 0 Å². The lowest BCUT2D eigenvalue weighted by Crippen LogP contribution is -2.50. The zero-order chi connectivity index (χ0) is 12.7. The van der Waals surface area contributed by atoms with E-state index in [1.54, 1.807) is 6.20 Å². The molecule has 1 aromatic rings. The van der Waals surface area contributed by atoms with E-state index in [4.69, 9.17) is 5.73 Å². The fourth-order valence-electron chi connectivity index (χ4n) is 2.71. The molecule has 18 heavy (non-hydrogen) atoms. The predicted octanol–water partition coefficient (Wildman–Crippen LogP) is 0.282. The van der Waals surface area contributed by atoms with E-state index in [9.17, 15) is 0 Å². The van der Waals surface area contributed by atoms with Gasteiger partial charge in [0.05, 0.1) is 6.17 Å². The Bertz CT molecular complexity index is 424. The fourth-order valence-corrected chi connectivity index (χ4v) is 2.94. The van der Waals surface area contributed by atoms with Gasteiger partial charge in [-0.15, -0.1) is 0 Å². The molecule has 2 aliphatic rings. The van der Waals surface area contributed by atoms with Crippen LogP contribution >= 0.6 is 15.9 Å². The summed E-state index contributed by atoms with van der Waals surface area (Å²) >= 11 is 3.40. The minimum atomic E-state index is -0.0344. The number of nitrogens with two attached hydrogens (primary N) is 1. The Balaban J connectivity index is 1.87. The lowest BCUT2D eigenvalue weighted by atomic mass is 9.96. The third-order valence-electron chi connectivity index (χ3n) is 3.62. The van der Waals surface area contributed by atoms with Gasteiger partial charge in [-0.2, -0.15) is 0 Å². The van der Waals surface area contributed by atoms with Crippen LogP contribution < -0.4 is 27.0 Å². The summed E-state index contributed by atoms with van der Waals surface area (Å²) in [7, 11) is 0. The summed E-state index contributed by atoms with van der Waals surface area (Å²) in [6.45, 7) is 2.16. The van der Waals surface area contributed by atoms with Crippen LogP contribution in [0.5, 0.6) is 0 Å². The first-order valence-electron chi connectivity index (χ1n) is 6.14. The van der Waals surface area contributed by atoms with Crippen LogP contribution in [0, 0.1) is 5.92 Å². The summed E-state index contributed by atoms with van der Waals surface area (Å²) in [4.78, 5) is 4.42. The lowest BCUT2D eigenvalue weighted by molar-refractivity contribution is 0.378. The van der Waals surface area contributed by atoms with E-state index in [1.165, 1.54) is 0 Å². The largest absolute Gasteiger partial charge is 0.315 e. The minimum Gasteiger partial charge on any atom is -0.315 e. The van der Waals surface area contributed by atoms with Crippen LogP contribution in [0.25, 0.3) is 0 Å². The monoisotopic (exact) mass is 312 g/mol. The summed E-state index contributed by atoms with van der Waals surface area (Å²) in [5.41, 5.74) is 15.9. The number of nitrogens with zero attached hydrogens (tertiary/aromatic N) is 2. The Morgan fingerprint density at radius 1 is 1.44 bits per heavy atom. The standard InChI is InChI=1S/C11H17BrN6/c1-2-7-9-10(13)15-16-11(9)18(17-7)8-4-3-6(12)5-14-8/h3-5,7,9-11,15-17H,2,13H2,1H3. The molecule has 2 saturated heterocycles. The maximum atomic E-state index is 6.08. The molecule has 3 heterocycles. The van der Waals surface area contributed by atoms with Gasteiger partial charge in [-0.3, -0.25) is 5.01 Å². The summed E-state index contributed by atoms with van der Waals surface area (Å²) in [5.74, 6) is 1.23. The number of hydrazine groups is 2. The van der Waals surface area contributed by atoms with Crippen molar-refractivity contribution < 1.29 is 0 Å². The first-order valence-corrected chi connectivity index (χ1v) is 6.93. The molecule has 6 nitrogen and oxygen atoms in total. The van der Waals surface area contributed by atoms with Gasteiger partial charge in [0.15, 0.2) is 0 Å². The van der Waals surface area contributed by atoms with Gasteiger partial charge >= 0.3 is 0 Å². The van der Waals surface area contributed by atoms with Gasteiger partial charge in [0.1, 0.15) is 12.0 Å². The molecule has 0 radical (unpaired) electrons. The average molecular weight is 313 g/mol. The Kier molecular flexibility index (Phi) is 3.25. The van der Waals surface area contributed by atoms with Crippen LogP contribution in [0.1, 0.15) is 13.3 Å². The van der Waals surface area contributed by atoms with E-state index in [1.807, 2.05) is 12.1 Å². The number of hydrogen-bond donors (Lipinski definition) is 4. The average Bonchev–Trinajstić information content (AvgIpc) is 2.92. The highest BCUT2D eigenvalue weighted by atomic mass is 79.9. The lowest BCUT2D eigenvalue weighted by Gasteiger charge is -2.24. The maximum Gasteiger partial charge on any atom is 0.144 e. The van der Waals surface area contributed by atoms with Crippen molar-refractivity contribution >= 4 is 21.7 Å². The van der Waals surface area contributed by atoms with Crippen molar-refractivity contribution in [3.05, 3.63) is 22.8 Å². The molecule has 2 aliphatic heterocycles. The van der Waals surface area contributed by atoms with Gasteiger partial charge in [0.2, 0.25) is 0 Å². The number of halogens is 1. The Morgan fingerprint density at radius 3 is 2.94 bits per heavy atom. The SMILES string of the molecule is CCC1NN(c2ccc(Br)cn2)C2NNC(N)C12. The minimum absolute atomic E-state index is 0.0344. The summed E-state index contributed by atoms with van der Waals surface area (Å²) in [5, 5.41) is 2.06. The zero-order valence-electron chi connectivity index (χ0n) is 10.1. The van der Waals surface area contributed by atoms with Gasteiger partial charge in [-0.05, 0) is 34.5 Å². The van der Waals surface area contributed by atoms with Crippen LogP contribution in [0.4, 0.5) is 5.82 Å². The fraction of sp³-hybridized carbons (Fsp3) is 0.545. The molecule has 4 atom stereocenters. The quantitative estimate of drug-likeness (QED) is 0.628. The first-order chi connectivity index (χ1) is 8.70. The molecule has 0 bridgehead atoms. The van der Waals surface area contributed by atoms with E-state index in [0.717, 1.165) is 16.7 Å². The van der Waals surface area contributed by atoms with Gasteiger partial charge in [0, 0.05) is 22.6 Å². The Hall–Kier alpha value is -0.730. The van der Waals surface area contributed by atoms with Crippen LogP contribution in [-0.4, -0.2) is 23.4 Å². The van der Waals surface area contributed by atoms with Crippen molar-refractivity contribution in [3.63, 3.8) is 0 Å². The highest BCUT2D eigenvalue weighted by molar-refractivity contribution is 9.10. The second-order valence-electron chi connectivity index (χ2n) is 4.69. The molecule has 0 aliphatic carbocycles. The van der Waals surface area contributed by atoms with E-state index in [2.05, 4.69) is 49.1 Å². The second-order valence-corrected chi connectivity index (χ2v) is 5.60. The first kappa shape index (κ1) is 12.3. The van der Waals surface area contributed by atoms with Gasteiger partial charge < -0.3 is 5.73 Å². The molecule has 98 valence electrons. The molecular weight excluding hydrogens is 296 g/mol. The third kappa shape index (κ3) is 1.92. The predicted molar refractivity (Wildman–Crippen MR) is 73.2 cm³/mol. The summed E-state index contributed by atoms with van der Waals surface area (Å²) in [6, 6.07) is 4.33. The zero-order valence-corrected chi connectivity index (χ0v) is 11.7. The number of hydrogen-bond acceptors (Lipinski definition) is 6. The number of fused-ring (bicyclic) bond motifs is 1. The van der Waals surface area contributed by atoms with E-state index in [0.29, 0.717) is 12.0 Å². The van der Waals surface area contributed by atoms with Crippen LogP contribution in [0.2, 0.25) is 0 Å². The summed E-state index contributed by atoms with van der Waals surface area (Å²) < 4.78 is 0.975.